The number of nitriles is 1. The van der Waals surface area contributed by atoms with E-state index in [1.54, 1.807) is 6.07 Å². The molecule has 3 nitrogen and oxygen atoms in total. The minimum atomic E-state index is 0.138. The van der Waals surface area contributed by atoms with Crippen molar-refractivity contribution in [2.75, 3.05) is 5.32 Å². The summed E-state index contributed by atoms with van der Waals surface area (Å²) in [6.07, 6.45) is 0. The molecule has 18 heavy (non-hydrogen) atoms. The van der Waals surface area contributed by atoms with Gasteiger partial charge < -0.3 is 5.32 Å². The number of hydrogen-bond donors (Lipinski definition) is 1. The standard InChI is InChI=1S/C14H12BrN3/c1-10(11-5-7-12(15)8-6-11)17-14-4-2-3-13(9-16)18-14/h2-8,10H,1H3,(H,17,18). The number of aromatic nitrogens is 1. The zero-order chi connectivity index (χ0) is 13.0. The van der Waals surface area contributed by atoms with Crippen molar-refractivity contribution in [3.8, 4) is 6.07 Å². The number of rotatable bonds is 3. The van der Waals surface area contributed by atoms with E-state index in [9.17, 15) is 0 Å². The molecule has 2 aromatic rings. The number of hydrogen-bond acceptors (Lipinski definition) is 3. The predicted octanol–water partition coefficient (Wildman–Crippen LogP) is 3.89. The van der Waals surface area contributed by atoms with Gasteiger partial charge in [0.1, 0.15) is 17.6 Å². The van der Waals surface area contributed by atoms with Crippen LogP contribution < -0.4 is 5.32 Å². The van der Waals surface area contributed by atoms with Crippen LogP contribution in [0.5, 0.6) is 0 Å². The van der Waals surface area contributed by atoms with Gasteiger partial charge in [-0.05, 0) is 36.8 Å². The first-order chi connectivity index (χ1) is 8.69. The van der Waals surface area contributed by atoms with Crippen LogP contribution >= 0.6 is 15.9 Å². The van der Waals surface area contributed by atoms with Gasteiger partial charge in [-0.25, -0.2) is 4.98 Å². The van der Waals surface area contributed by atoms with Crippen LogP contribution in [0.15, 0.2) is 46.9 Å². The topological polar surface area (TPSA) is 48.7 Å². The highest BCUT2D eigenvalue weighted by molar-refractivity contribution is 9.10. The van der Waals surface area contributed by atoms with Gasteiger partial charge in [0.2, 0.25) is 0 Å². The first-order valence-electron chi connectivity index (χ1n) is 5.58. The maximum atomic E-state index is 8.80. The summed E-state index contributed by atoms with van der Waals surface area (Å²) in [5.41, 5.74) is 1.59. The highest BCUT2D eigenvalue weighted by Crippen LogP contribution is 2.20. The molecule has 0 bridgehead atoms. The molecule has 1 N–H and O–H groups in total. The van der Waals surface area contributed by atoms with Gasteiger partial charge in [-0.1, -0.05) is 34.1 Å². The lowest BCUT2D eigenvalue weighted by Gasteiger charge is -2.15. The van der Waals surface area contributed by atoms with Crippen molar-refractivity contribution in [3.05, 3.63) is 58.2 Å². The lowest BCUT2D eigenvalue weighted by molar-refractivity contribution is 0.873. The predicted molar refractivity (Wildman–Crippen MR) is 75.1 cm³/mol. The Morgan fingerprint density at radius 2 is 1.94 bits per heavy atom. The van der Waals surface area contributed by atoms with E-state index in [0.717, 1.165) is 4.47 Å². The minimum Gasteiger partial charge on any atom is -0.364 e. The fraction of sp³-hybridized carbons (Fsp3) is 0.143. The summed E-state index contributed by atoms with van der Waals surface area (Å²) in [5.74, 6) is 0.712. The second-order valence-electron chi connectivity index (χ2n) is 3.94. The highest BCUT2D eigenvalue weighted by Gasteiger charge is 2.06. The monoisotopic (exact) mass is 301 g/mol. The molecule has 0 aliphatic carbocycles. The zero-order valence-electron chi connectivity index (χ0n) is 9.89. The van der Waals surface area contributed by atoms with Crippen molar-refractivity contribution in [1.29, 1.82) is 5.26 Å². The van der Waals surface area contributed by atoms with Crippen molar-refractivity contribution in [2.45, 2.75) is 13.0 Å². The average molecular weight is 302 g/mol. The summed E-state index contributed by atoms with van der Waals surface area (Å²) in [6, 6.07) is 15.7. The van der Waals surface area contributed by atoms with Gasteiger partial charge in [-0.3, -0.25) is 0 Å². The van der Waals surface area contributed by atoms with E-state index in [0.29, 0.717) is 11.5 Å². The van der Waals surface area contributed by atoms with Crippen molar-refractivity contribution < 1.29 is 0 Å². The molecule has 0 amide bonds. The van der Waals surface area contributed by atoms with E-state index >= 15 is 0 Å². The molecule has 0 saturated heterocycles. The Labute approximate surface area is 115 Å². The quantitative estimate of drug-likeness (QED) is 0.935. The lowest BCUT2D eigenvalue weighted by Crippen LogP contribution is -2.08. The third-order valence-electron chi connectivity index (χ3n) is 2.60. The van der Waals surface area contributed by atoms with Gasteiger partial charge in [-0.2, -0.15) is 5.26 Å². The Hall–Kier alpha value is -1.86. The molecule has 4 heteroatoms. The van der Waals surface area contributed by atoms with Gasteiger partial charge in [0.05, 0.1) is 0 Å². The van der Waals surface area contributed by atoms with Crippen LogP contribution in [0.2, 0.25) is 0 Å². The normalized spacial score (nSPS) is 11.6. The zero-order valence-corrected chi connectivity index (χ0v) is 11.5. The molecule has 1 aromatic heterocycles. The van der Waals surface area contributed by atoms with E-state index in [2.05, 4.69) is 45.3 Å². The number of nitrogens with zero attached hydrogens (tertiary/aromatic N) is 2. The molecular weight excluding hydrogens is 290 g/mol. The SMILES string of the molecule is CC(Nc1cccc(C#N)n1)c1ccc(Br)cc1. The molecule has 0 spiro atoms. The molecule has 1 aromatic carbocycles. The van der Waals surface area contributed by atoms with Gasteiger partial charge in [0, 0.05) is 10.5 Å². The summed E-state index contributed by atoms with van der Waals surface area (Å²) in [6.45, 7) is 2.06. The van der Waals surface area contributed by atoms with E-state index < -0.39 is 0 Å². The second kappa shape index (κ2) is 5.65. The van der Waals surface area contributed by atoms with Crippen LogP contribution in [0.3, 0.4) is 0 Å². The van der Waals surface area contributed by atoms with Gasteiger partial charge in [-0.15, -0.1) is 0 Å². The minimum absolute atomic E-state index is 0.138. The Morgan fingerprint density at radius 1 is 1.22 bits per heavy atom. The maximum Gasteiger partial charge on any atom is 0.142 e. The summed E-state index contributed by atoms with van der Waals surface area (Å²) in [5, 5.41) is 12.1. The molecule has 1 atom stereocenters. The number of nitrogens with one attached hydrogen (secondary N) is 1. The van der Waals surface area contributed by atoms with Gasteiger partial charge in [0.15, 0.2) is 0 Å². The van der Waals surface area contributed by atoms with Crippen molar-refractivity contribution in [2.24, 2.45) is 0 Å². The Balaban J connectivity index is 2.13. The lowest BCUT2D eigenvalue weighted by atomic mass is 10.1. The molecule has 90 valence electrons. The van der Waals surface area contributed by atoms with Gasteiger partial charge in [0.25, 0.3) is 0 Å². The van der Waals surface area contributed by atoms with Crippen LogP contribution in [0.1, 0.15) is 24.2 Å². The molecule has 0 aliphatic heterocycles. The summed E-state index contributed by atoms with van der Waals surface area (Å²) in [4.78, 5) is 4.19. The van der Waals surface area contributed by atoms with Crippen LogP contribution in [-0.2, 0) is 0 Å². The third kappa shape index (κ3) is 3.08. The van der Waals surface area contributed by atoms with E-state index in [4.69, 9.17) is 5.26 Å². The number of pyridine rings is 1. The fourth-order valence-electron chi connectivity index (χ4n) is 1.63. The number of halogens is 1. The van der Waals surface area contributed by atoms with E-state index in [1.807, 2.05) is 30.3 Å². The van der Waals surface area contributed by atoms with Crippen LogP contribution in [0.4, 0.5) is 5.82 Å². The van der Waals surface area contributed by atoms with E-state index in [-0.39, 0.29) is 6.04 Å². The van der Waals surface area contributed by atoms with Crippen LogP contribution in [0, 0.1) is 11.3 Å². The van der Waals surface area contributed by atoms with Crippen LogP contribution in [-0.4, -0.2) is 4.98 Å². The molecule has 0 saturated carbocycles. The Kier molecular flexibility index (Phi) is 3.96. The van der Waals surface area contributed by atoms with Crippen LogP contribution in [0.25, 0.3) is 0 Å². The first-order valence-corrected chi connectivity index (χ1v) is 6.37. The average Bonchev–Trinajstić information content (AvgIpc) is 2.39. The molecule has 0 aliphatic rings. The number of anilines is 1. The highest BCUT2D eigenvalue weighted by atomic mass is 79.9. The first kappa shape index (κ1) is 12.6. The Morgan fingerprint density at radius 3 is 2.61 bits per heavy atom. The van der Waals surface area contributed by atoms with E-state index in [1.165, 1.54) is 5.56 Å². The molecular formula is C14H12BrN3. The summed E-state index contributed by atoms with van der Waals surface area (Å²) in [7, 11) is 0. The number of benzene rings is 1. The smallest absolute Gasteiger partial charge is 0.142 e. The largest absolute Gasteiger partial charge is 0.364 e. The summed E-state index contributed by atoms with van der Waals surface area (Å²) >= 11 is 3.41. The summed E-state index contributed by atoms with van der Waals surface area (Å²) < 4.78 is 1.06. The second-order valence-corrected chi connectivity index (χ2v) is 4.85. The fourth-order valence-corrected chi connectivity index (χ4v) is 1.90. The van der Waals surface area contributed by atoms with Crippen molar-refractivity contribution in [1.82, 2.24) is 4.98 Å². The van der Waals surface area contributed by atoms with Crippen molar-refractivity contribution in [3.63, 3.8) is 0 Å². The van der Waals surface area contributed by atoms with Gasteiger partial charge >= 0.3 is 0 Å². The Bertz CT molecular complexity index is 572. The van der Waals surface area contributed by atoms with Crippen molar-refractivity contribution >= 4 is 21.7 Å². The molecule has 0 radical (unpaired) electrons. The molecule has 0 fully saturated rings. The molecule has 2 rings (SSSR count). The molecule has 1 heterocycles. The molecule has 1 unspecified atom stereocenters. The maximum absolute atomic E-state index is 8.80. The third-order valence-corrected chi connectivity index (χ3v) is 3.13.